The van der Waals surface area contributed by atoms with Crippen molar-refractivity contribution in [1.82, 2.24) is 14.9 Å². The lowest BCUT2D eigenvalue weighted by Gasteiger charge is -2.33. The number of hydrogen-bond donors (Lipinski definition) is 2. The number of hydrogen-bond acceptors (Lipinski definition) is 5. The first kappa shape index (κ1) is 19.5. The summed E-state index contributed by atoms with van der Waals surface area (Å²) in [4.78, 5) is 13.2. The number of aryl methyl sites for hydroxylation is 3. The molecule has 0 saturated carbocycles. The molecular formula is C22H25N5OS. The number of anilines is 1. The van der Waals surface area contributed by atoms with Gasteiger partial charge in [-0.2, -0.15) is 0 Å². The molecule has 3 aromatic rings. The van der Waals surface area contributed by atoms with E-state index in [1.807, 2.05) is 35.9 Å². The van der Waals surface area contributed by atoms with Crippen molar-refractivity contribution in [2.24, 2.45) is 0 Å². The number of fused-ring (bicyclic) bond motifs is 1. The van der Waals surface area contributed by atoms with Crippen LogP contribution in [0.5, 0.6) is 0 Å². The van der Waals surface area contributed by atoms with Crippen molar-refractivity contribution in [3.8, 4) is 0 Å². The number of nitrogens with one attached hydrogen (secondary N) is 2. The molecule has 29 heavy (non-hydrogen) atoms. The highest BCUT2D eigenvalue weighted by atomic mass is 32.2. The summed E-state index contributed by atoms with van der Waals surface area (Å²) in [5.41, 5.74) is 7.67. The van der Waals surface area contributed by atoms with E-state index in [-0.39, 0.29) is 17.2 Å². The van der Waals surface area contributed by atoms with Gasteiger partial charge in [0, 0.05) is 12.1 Å². The van der Waals surface area contributed by atoms with Crippen molar-refractivity contribution in [3.63, 3.8) is 0 Å². The van der Waals surface area contributed by atoms with Gasteiger partial charge < -0.3 is 10.7 Å². The molecule has 2 N–H and O–H groups in total. The van der Waals surface area contributed by atoms with E-state index in [1.54, 1.807) is 0 Å². The minimum Gasteiger partial charge on any atom is -0.325 e. The van der Waals surface area contributed by atoms with Crippen LogP contribution < -0.4 is 10.7 Å². The smallest absolute Gasteiger partial charge is 0.240 e. The standard InChI is InChI=1S/C22H25N5OS/c1-4-6-18-24-25-22-27(18)26-19(16-11-9-14(2)10-12-16)20(29-22)21(28)23-17-8-5-7-15(3)13-17/h5,7-13,19-20,26H,4,6H2,1-3H3,(H,23,28)/t19-,20-/m0/s1. The van der Waals surface area contributed by atoms with E-state index >= 15 is 0 Å². The Morgan fingerprint density at radius 2 is 1.93 bits per heavy atom. The van der Waals surface area contributed by atoms with E-state index < -0.39 is 0 Å². The summed E-state index contributed by atoms with van der Waals surface area (Å²) in [7, 11) is 0. The monoisotopic (exact) mass is 407 g/mol. The third kappa shape index (κ3) is 4.15. The van der Waals surface area contributed by atoms with Crippen molar-refractivity contribution in [2.75, 3.05) is 10.7 Å². The Balaban J connectivity index is 1.66. The second-order valence-corrected chi connectivity index (χ2v) is 8.51. The zero-order valence-corrected chi connectivity index (χ0v) is 17.7. The fourth-order valence-electron chi connectivity index (χ4n) is 3.44. The lowest BCUT2D eigenvalue weighted by atomic mass is 10.0. The molecule has 2 heterocycles. The van der Waals surface area contributed by atoms with Crippen LogP contribution in [0.3, 0.4) is 0 Å². The summed E-state index contributed by atoms with van der Waals surface area (Å²) in [6.45, 7) is 6.19. The van der Waals surface area contributed by atoms with Gasteiger partial charge in [-0.05, 0) is 43.5 Å². The molecule has 1 amide bonds. The summed E-state index contributed by atoms with van der Waals surface area (Å²) >= 11 is 1.46. The molecule has 0 fully saturated rings. The quantitative estimate of drug-likeness (QED) is 0.662. The average Bonchev–Trinajstić information content (AvgIpc) is 3.10. The predicted octanol–water partition coefficient (Wildman–Crippen LogP) is 4.25. The summed E-state index contributed by atoms with van der Waals surface area (Å²) in [5, 5.41) is 12.0. The normalized spacial score (nSPS) is 18.0. The van der Waals surface area contributed by atoms with Crippen molar-refractivity contribution in [2.45, 2.75) is 50.1 Å². The Morgan fingerprint density at radius 3 is 2.66 bits per heavy atom. The van der Waals surface area contributed by atoms with E-state index in [2.05, 4.69) is 59.1 Å². The summed E-state index contributed by atoms with van der Waals surface area (Å²) in [5.74, 6) is 0.842. The number of rotatable bonds is 5. The van der Waals surface area contributed by atoms with Crippen LogP contribution in [0.25, 0.3) is 0 Å². The van der Waals surface area contributed by atoms with Crippen LogP contribution >= 0.6 is 11.8 Å². The lowest BCUT2D eigenvalue weighted by Crippen LogP contribution is -2.41. The molecule has 1 aromatic heterocycles. The highest BCUT2D eigenvalue weighted by Crippen LogP contribution is 2.37. The van der Waals surface area contributed by atoms with Crippen LogP contribution in [-0.4, -0.2) is 26.0 Å². The average molecular weight is 408 g/mol. The minimum absolute atomic E-state index is 0.0510. The van der Waals surface area contributed by atoms with Crippen molar-refractivity contribution >= 4 is 23.4 Å². The molecular weight excluding hydrogens is 382 g/mol. The van der Waals surface area contributed by atoms with Gasteiger partial charge in [0.05, 0.1) is 6.04 Å². The second kappa shape index (κ2) is 8.29. The number of nitrogens with zero attached hydrogens (tertiary/aromatic N) is 3. The van der Waals surface area contributed by atoms with Gasteiger partial charge in [0.2, 0.25) is 11.1 Å². The largest absolute Gasteiger partial charge is 0.325 e. The first-order chi connectivity index (χ1) is 14.0. The van der Waals surface area contributed by atoms with E-state index in [0.717, 1.165) is 40.6 Å². The summed E-state index contributed by atoms with van der Waals surface area (Å²) in [6.07, 6.45) is 1.82. The number of carbonyl (C=O) groups excluding carboxylic acids is 1. The maximum atomic E-state index is 13.2. The molecule has 6 nitrogen and oxygen atoms in total. The molecule has 4 rings (SSSR count). The molecule has 7 heteroatoms. The first-order valence-electron chi connectivity index (χ1n) is 9.86. The number of benzene rings is 2. The van der Waals surface area contributed by atoms with Gasteiger partial charge in [0.1, 0.15) is 5.25 Å². The van der Waals surface area contributed by atoms with Gasteiger partial charge in [-0.3, -0.25) is 4.79 Å². The molecule has 1 aliphatic rings. The molecule has 0 unspecified atom stereocenters. The molecule has 2 atom stereocenters. The lowest BCUT2D eigenvalue weighted by molar-refractivity contribution is -0.116. The van der Waals surface area contributed by atoms with Gasteiger partial charge in [-0.15, -0.1) is 10.2 Å². The Hall–Kier alpha value is -2.80. The minimum atomic E-state index is -0.371. The van der Waals surface area contributed by atoms with E-state index in [0.29, 0.717) is 0 Å². The van der Waals surface area contributed by atoms with Crippen molar-refractivity contribution in [3.05, 3.63) is 71.0 Å². The third-order valence-corrected chi connectivity index (χ3v) is 6.17. The first-order valence-corrected chi connectivity index (χ1v) is 10.7. The van der Waals surface area contributed by atoms with Crippen LogP contribution in [0.15, 0.2) is 53.7 Å². The Morgan fingerprint density at radius 1 is 1.14 bits per heavy atom. The van der Waals surface area contributed by atoms with Crippen molar-refractivity contribution < 1.29 is 4.79 Å². The zero-order valence-electron chi connectivity index (χ0n) is 16.8. The highest BCUT2D eigenvalue weighted by molar-refractivity contribution is 8.00. The number of amides is 1. The van der Waals surface area contributed by atoms with E-state index in [4.69, 9.17) is 0 Å². The van der Waals surface area contributed by atoms with Crippen LogP contribution in [0.2, 0.25) is 0 Å². The highest BCUT2D eigenvalue weighted by Gasteiger charge is 2.37. The molecule has 0 bridgehead atoms. The van der Waals surface area contributed by atoms with Gasteiger partial charge in [-0.25, -0.2) is 4.68 Å². The molecule has 150 valence electrons. The Labute approximate surface area is 175 Å². The maximum absolute atomic E-state index is 13.2. The summed E-state index contributed by atoms with van der Waals surface area (Å²) in [6, 6.07) is 16.0. The molecule has 0 spiro atoms. The van der Waals surface area contributed by atoms with Crippen LogP contribution in [0.4, 0.5) is 5.69 Å². The van der Waals surface area contributed by atoms with Crippen LogP contribution in [-0.2, 0) is 11.2 Å². The molecule has 1 aliphatic heterocycles. The van der Waals surface area contributed by atoms with E-state index in [9.17, 15) is 4.79 Å². The van der Waals surface area contributed by atoms with E-state index in [1.165, 1.54) is 17.3 Å². The Kier molecular flexibility index (Phi) is 5.58. The fraction of sp³-hybridized carbons (Fsp3) is 0.318. The fourth-order valence-corrected chi connectivity index (χ4v) is 4.54. The van der Waals surface area contributed by atoms with Crippen molar-refractivity contribution in [1.29, 1.82) is 0 Å². The zero-order chi connectivity index (χ0) is 20.4. The number of aromatic nitrogens is 3. The second-order valence-electron chi connectivity index (χ2n) is 7.40. The van der Waals surface area contributed by atoms with Gasteiger partial charge in [0.15, 0.2) is 5.82 Å². The van der Waals surface area contributed by atoms with Gasteiger partial charge >= 0.3 is 0 Å². The third-order valence-electron chi connectivity index (χ3n) is 4.96. The topological polar surface area (TPSA) is 71.8 Å². The number of carbonyl (C=O) groups is 1. The molecule has 0 aliphatic carbocycles. The van der Waals surface area contributed by atoms with Crippen LogP contribution in [0.1, 0.15) is 41.9 Å². The summed E-state index contributed by atoms with van der Waals surface area (Å²) < 4.78 is 1.94. The molecule has 0 saturated heterocycles. The SMILES string of the molecule is CCCc1nnc2n1N[C@@H](c1ccc(C)cc1)[C@@H](C(=O)Nc1cccc(C)c1)S2. The predicted molar refractivity (Wildman–Crippen MR) is 117 cm³/mol. The molecule has 2 aromatic carbocycles. The molecule has 0 radical (unpaired) electrons. The Bertz CT molecular complexity index is 1010. The van der Waals surface area contributed by atoms with Gasteiger partial charge in [0.25, 0.3) is 0 Å². The maximum Gasteiger partial charge on any atom is 0.240 e. The number of thioether (sulfide) groups is 1. The van der Waals surface area contributed by atoms with Gasteiger partial charge in [-0.1, -0.05) is 60.6 Å². The van der Waals surface area contributed by atoms with Crippen LogP contribution in [0, 0.1) is 13.8 Å².